The Kier molecular flexibility index (Phi) is 2.54. The maximum Gasteiger partial charge on any atom is 0.339 e. The smallest absolute Gasteiger partial charge is 0.339 e. The number of nitrogens with zero attached hydrogens (tertiary/aromatic N) is 1. The summed E-state index contributed by atoms with van der Waals surface area (Å²) in [7, 11) is 0. The van der Waals surface area contributed by atoms with Crippen LogP contribution >= 0.6 is 0 Å². The van der Waals surface area contributed by atoms with Gasteiger partial charge in [-0.1, -0.05) is 13.8 Å². The fraction of sp³-hybridized carbons (Fsp3) is 0.500. The fourth-order valence-electron chi connectivity index (χ4n) is 3.87. The molecule has 0 atom stereocenters. The number of fused-ring (bicyclic) bond motifs is 2. The minimum Gasteiger partial charge on any atom is -0.422 e. The summed E-state index contributed by atoms with van der Waals surface area (Å²) in [6.07, 6.45) is 3.34. The SMILES string of the molecule is Cc1cc2cc3c4c(c2oc1=O)CCCN4CCC3(C)C. The molecular formula is C18H21NO2. The lowest BCUT2D eigenvalue weighted by Gasteiger charge is -2.43. The molecular weight excluding hydrogens is 262 g/mol. The Morgan fingerprint density at radius 2 is 2.05 bits per heavy atom. The van der Waals surface area contributed by atoms with Gasteiger partial charge in [0.2, 0.25) is 0 Å². The molecule has 0 amide bonds. The fourth-order valence-corrected chi connectivity index (χ4v) is 3.87. The largest absolute Gasteiger partial charge is 0.422 e. The molecule has 0 N–H and O–H groups in total. The van der Waals surface area contributed by atoms with E-state index in [2.05, 4.69) is 24.8 Å². The van der Waals surface area contributed by atoms with Crippen LogP contribution in [0.1, 0.15) is 43.4 Å². The standard InChI is InChI=1S/C18H21NO2/c1-11-9-12-10-14-15-13(16(12)21-17(11)20)5-4-7-19(15)8-6-18(14,2)3/h9-10H,4-8H2,1-3H3. The molecule has 3 nitrogen and oxygen atoms in total. The zero-order valence-corrected chi connectivity index (χ0v) is 13.0. The predicted octanol–water partition coefficient (Wildman–Crippen LogP) is 3.54. The molecule has 3 heterocycles. The second-order valence-electron chi connectivity index (χ2n) is 7.11. The number of hydrogen-bond acceptors (Lipinski definition) is 3. The molecule has 2 aromatic rings. The average molecular weight is 283 g/mol. The maximum absolute atomic E-state index is 11.9. The van der Waals surface area contributed by atoms with Crippen molar-refractivity contribution in [1.82, 2.24) is 0 Å². The highest BCUT2D eigenvalue weighted by molar-refractivity contribution is 5.89. The van der Waals surface area contributed by atoms with Gasteiger partial charge in [-0.2, -0.15) is 0 Å². The monoisotopic (exact) mass is 283 g/mol. The highest BCUT2D eigenvalue weighted by atomic mass is 16.4. The summed E-state index contributed by atoms with van der Waals surface area (Å²) in [5, 5.41) is 1.08. The van der Waals surface area contributed by atoms with Gasteiger partial charge in [-0.15, -0.1) is 0 Å². The van der Waals surface area contributed by atoms with Crippen LogP contribution in [0.25, 0.3) is 11.0 Å². The molecule has 0 spiro atoms. The predicted molar refractivity (Wildman–Crippen MR) is 85.4 cm³/mol. The third-order valence-corrected chi connectivity index (χ3v) is 5.17. The highest BCUT2D eigenvalue weighted by Crippen LogP contribution is 2.46. The van der Waals surface area contributed by atoms with Crippen molar-refractivity contribution in [2.45, 2.75) is 45.4 Å². The molecule has 0 fully saturated rings. The Labute approximate surface area is 124 Å². The van der Waals surface area contributed by atoms with Crippen molar-refractivity contribution >= 4 is 16.7 Å². The second kappa shape index (κ2) is 4.12. The minimum atomic E-state index is -0.203. The molecule has 2 aliphatic heterocycles. The van der Waals surface area contributed by atoms with Gasteiger partial charge in [-0.05, 0) is 49.3 Å². The summed E-state index contributed by atoms with van der Waals surface area (Å²) in [5.74, 6) is 0. The third-order valence-electron chi connectivity index (χ3n) is 5.17. The van der Waals surface area contributed by atoms with Crippen LogP contribution in [0.4, 0.5) is 5.69 Å². The molecule has 1 aromatic carbocycles. The minimum absolute atomic E-state index is 0.191. The van der Waals surface area contributed by atoms with Crippen molar-refractivity contribution in [3.63, 3.8) is 0 Å². The van der Waals surface area contributed by atoms with Crippen LogP contribution in [-0.4, -0.2) is 13.1 Å². The molecule has 110 valence electrons. The quantitative estimate of drug-likeness (QED) is 0.693. The first-order chi connectivity index (χ1) is 9.97. The molecule has 0 saturated carbocycles. The van der Waals surface area contributed by atoms with Crippen LogP contribution < -0.4 is 10.5 Å². The summed E-state index contributed by atoms with van der Waals surface area (Å²) in [6.45, 7) is 8.71. The molecule has 21 heavy (non-hydrogen) atoms. The van der Waals surface area contributed by atoms with Crippen molar-refractivity contribution in [2.24, 2.45) is 0 Å². The van der Waals surface area contributed by atoms with Gasteiger partial charge in [-0.25, -0.2) is 4.79 Å². The Balaban J connectivity index is 2.14. The van der Waals surface area contributed by atoms with Crippen molar-refractivity contribution in [2.75, 3.05) is 18.0 Å². The highest BCUT2D eigenvalue weighted by Gasteiger charge is 2.35. The first-order valence-corrected chi connectivity index (χ1v) is 7.83. The van der Waals surface area contributed by atoms with E-state index in [9.17, 15) is 4.79 Å². The number of hydrogen-bond donors (Lipinski definition) is 0. The molecule has 0 radical (unpaired) electrons. The zero-order valence-electron chi connectivity index (χ0n) is 13.0. The molecule has 0 aliphatic carbocycles. The van der Waals surface area contributed by atoms with Gasteiger partial charge < -0.3 is 9.32 Å². The van der Waals surface area contributed by atoms with E-state index < -0.39 is 0 Å². The van der Waals surface area contributed by atoms with Gasteiger partial charge in [0.05, 0.1) is 0 Å². The van der Waals surface area contributed by atoms with Crippen molar-refractivity contribution in [3.8, 4) is 0 Å². The number of rotatable bonds is 0. The second-order valence-corrected chi connectivity index (χ2v) is 7.11. The molecule has 3 heteroatoms. The van der Waals surface area contributed by atoms with E-state index in [4.69, 9.17) is 4.42 Å². The van der Waals surface area contributed by atoms with E-state index in [0.717, 1.165) is 36.9 Å². The van der Waals surface area contributed by atoms with Crippen molar-refractivity contribution < 1.29 is 4.42 Å². The molecule has 0 unspecified atom stereocenters. The van der Waals surface area contributed by atoms with Crippen LogP contribution in [0, 0.1) is 6.92 Å². The van der Waals surface area contributed by atoms with Crippen LogP contribution in [0.2, 0.25) is 0 Å². The van der Waals surface area contributed by atoms with Crippen LogP contribution in [-0.2, 0) is 11.8 Å². The molecule has 1 aromatic heterocycles. The van der Waals surface area contributed by atoms with Crippen molar-refractivity contribution in [1.29, 1.82) is 0 Å². The van der Waals surface area contributed by atoms with Gasteiger partial charge in [0.15, 0.2) is 0 Å². The lowest BCUT2D eigenvalue weighted by Crippen LogP contribution is -2.40. The van der Waals surface area contributed by atoms with Gasteiger partial charge in [0.1, 0.15) is 5.58 Å². The summed E-state index contributed by atoms with van der Waals surface area (Å²) in [6, 6.07) is 4.24. The lowest BCUT2D eigenvalue weighted by molar-refractivity contribution is 0.444. The Morgan fingerprint density at radius 1 is 1.24 bits per heavy atom. The van der Waals surface area contributed by atoms with E-state index in [0.29, 0.717) is 5.56 Å². The molecule has 4 rings (SSSR count). The Morgan fingerprint density at radius 3 is 2.86 bits per heavy atom. The summed E-state index contributed by atoms with van der Waals surface area (Å²) < 4.78 is 5.65. The molecule has 0 saturated heterocycles. The van der Waals surface area contributed by atoms with E-state index in [1.54, 1.807) is 0 Å². The summed E-state index contributed by atoms with van der Waals surface area (Å²) in [5.41, 5.74) is 5.50. The number of aryl methyl sites for hydroxylation is 2. The first kappa shape index (κ1) is 12.9. The topological polar surface area (TPSA) is 33.5 Å². The molecule has 2 aliphatic rings. The zero-order chi connectivity index (χ0) is 14.8. The molecule has 0 bridgehead atoms. The van der Waals surface area contributed by atoms with E-state index in [-0.39, 0.29) is 11.0 Å². The van der Waals surface area contributed by atoms with E-state index in [1.165, 1.54) is 23.2 Å². The number of benzene rings is 1. The Bertz CT molecular complexity index is 801. The third kappa shape index (κ3) is 1.76. The summed E-state index contributed by atoms with van der Waals surface area (Å²) >= 11 is 0. The Hall–Kier alpha value is -1.77. The van der Waals surface area contributed by atoms with E-state index in [1.807, 2.05) is 13.0 Å². The number of anilines is 1. The average Bonchev–Trinajstić information content (AvgIpc) is 2.45. The van der Waals surface area contributed by atoms with Crippen LogP contribution in [0.3, 0.4) is 0 Å². The lowest BCUT2D eigenvalue weighted by atomic mass is 9.74. The van der Waals surface area contributed by atoms with Gasteiger partial charge >= 0.3 is 5.63 Å². The first-order valence-electron chi connectivity index (χ1n) is 7.83. The van der Waals surface area contributed by atoms with Gasteiger partial charge in [0, 0.05) is 35.3 Å². The van der Waals surface area contributed by atoms with Crippen LogP contribution in [0.5, 0.6) is 0 Å². The van der Waals surface area contributed by atoms with Crippen LogP contribution in [0.15, 0.2) is 21.3 Å². The van der Waals surface area contributed by atoms with Crippen molar-refractivity contribution in [3.05, 3.63) is 39.2 Å². The summed E-state index contributed by atoms with van der Waals surface area (Å²) in [4.78, 5) is 14.4. The van der Waals surface area contributed by atoms with Gasteiger partial charge in [0.25, 0.3) is 0 Å². The normalized spacial score (nSPS) is 19.7. The van der Waals surface area contributed by atoms with Gasteiger partial charge in [-0.3, -0.25) is 0 Å². The van der Waals surface area contributed by atoms with E-state index >= 15 is 0 Å². The maximum atomic E-state index is 11.9.